The monoisotopic (exact) mass is 420 g/mol. The third-order valence-corrected chi connectivity index (χ3v) is 3.90. The van der Waals surface area contributed by atoms with Crippen LogP contribution in [0.4, 0.5) is 5.69 Å². The summed E-state index contributed by atoms with van der Waals surface area (Å²) in [6.07, 6.45) is 1.71. The van der Waals surface area contributed by atoms with Gasteiger partial charge in [0.15, 0.2) is 0 Å². The van der Waals surface area contributed by atoms with E-state index in [9.17, 15) is 15.4 Å². The lowest BCUT2D eigenvalue weighted by Crippen LogP contribution is -1.94. The standard InChI is InChI=1S/C17H13IN2O3/c1-2-23-17-7-6-12(9-16(17)18)8-14(11-19)13-4-3-5-15(10-13)20(21)22/h3-10H,2H2,1H3. The second kappa shape index (κ2) is 7.74. The van der Waals surface area contributed by atoms with E-state index in [2.05, 4.69) is 28.7 Å². The molecule has 0 bridgehead atoms. The zero-order valence-corrected chi connectivity index (χ0v) is 14.5. The summed E-state index contributed by atoms with van der Waals surface area (Å²) in [5.74, 6) is 0.791. The highest BCUT2D eigenvalue weighted by Gasteiger charge is 2.09. The molecule has 0 atom stereocenters. The van der Waals surface area contributed by atoms with Crippen LogP contribution >= 0.6 is 22.6 Å². The van der Waals surface area contributed by atoms with Gasteiger partial charge in [0.1, 0.15) is 5.75 Å². The molecule has 0 fully saturated rings. The zero-order chi connectivity index (χ0) is 16.8. The topological polar surface area (TPSA) is 76.2 Å². The van der Waals surface area contributed by atoms with Gasteiger partial charge in [-0.25, -0.2) is 0 Å². The summed E-state index contributed by atoms with van der Waals surface area (Å²) in [7, 11) is 0. The number of hydrogen-bond acceptors (Lipinski definition) is 4. The van der Waals surface area contributed by atoms with E-state index >= 15 is 0 Å². The van der Waals surface area contributed by atoms with Crippen molar-refractivity contribution in [3.8, 4) is 11.8 Å². The second-order valence-electron chi connectivity index (χ2n) is 4.60. The fraction of sp³-hybridized carbons (Fsp3) is 0.118. The smallest absolute Gasteiger partial charge is 0.270 e. The van der Waals surface area contributed by atoms with Crippen LogP contribution in [0, 0.1) is 25.0 Å². The first-order chi connectivity index (χ1) is 11.0. The lowest BCUT2D eigenvalue weighted by Gasteiger charge is -2.06. The number of hydrogen-bond donors (Lipinski definition) is 0. The number of rotatable bonds is 5. The Morgan fingerprint density at radius 1 is 1.39 bits per heavy atom. The third kappa shape index (κ3) is 4.29. The van der Waals surface area contributed by atoms with Crippen LogP contribution in [0.2, 0.25) is 0 Å². The maximum Gasteiger partial charge on any atom is 0.270 e. The van der Waals surface area contributed by atoms with Crippen LogP contribution in [0.15, 0.2) is 42.5 Å². The fourth-order valence-corrected chi connectivity index (χ4v) is 2.71. The molecule has 2 aromatic rings. The Kier molecular flexibility index (Phi) is 5.71. The maximum absolute atomic E-state index is 10.9. The normalized spacial score (nSPS) is 10.9. The van der Waals surface area contributed by atoms with Gasteiger partial charge in [0.2, 0.25) is 0 Å². The number of nitro benzene ring substituents is 1. The van der Waals surface area contributed by atoms with Gasteiger partial charge in [-0.1, -0.05) is 18.2 Å². The van der Waals surface area contributed by atoms with Crippen molar-refractivity contribution in [1.29, 1.82) is 5.26 Å². The first-order valence-corrected chi connectivity index (χ1v) is 7.92. The SMILES string of the molecule is CCOc1ccc(C=C(C#N)c2cccc([N+](=O)[O-])c2)cc1I. The summed E-state index contributed by atoms with van der Waals surface area (Å²) in [6.45, 7) is 2.50. The molecule has 5 nitrogen and oxygen atoms in total. The van der Waals surface area contributed by atoms with E-state index in [0.717, 1.165) is 14.9 Å². The van der Waals surface area contributed by atoms with Gasteiger partial charge in [-0.05, 0) is 58.9 Å². The van der Waals surface area contributed by atoms with E-state index in [1.54, 1.807) is 18.2 Å². The third-order valence-electron chi connectivity index (χ3n) is 3.06. The highest BCUT2D eigenvalue weighted by atomic mass is 127. The van der Waals surface area contributed by atoms with E-state index in [0.29, 0.717) is 17.7 Å². The molecule has 0 aliphatic heterocycles. The average molecular weight is 420 g/mol. The van der Waals surface area contributed by atoms with E-state index in [1.165, 1.54) is 12.1 Å². The molecule has 0 amide bonds. The van der Waals surface area contributed by atoms with Crippen LogP contribution in [0.5, 0.6) is 5.75 Å². The van der Waals surface area contributed by atoms with Crippen LogP contribution in [0.3, 0.4) is 0 Å². The molecule has 0 unspecified atom stereocenters. The molecular formula is C17H13IN2O3. The predicted molar refractivity (Wildman–Crippen MR) is 96.9 cm³/mol. The number of allylic oxidation sites excluding steroid dienone is 1. The van der Waals surface area contributed by atoms with Crippen molar-refractivity contribution in [2.75, 3.05) is 6.61 Å². The van der Waals surface area contributed by atoms with Crippen LogP contribution in [-0.4, -0.2) is 11.5 Å². The van der Waals surface area contributed by atoms with Gasteiger partial charge in [0, 0.05) is 12.1 Å². The second-order valence-corrected chi connectivity index (χ2v) is 5.76. The van der Waals surface area contributed by atoms with Crippen molar-refractivity contribution in [2.45, 2.75) is 6.92 Å². The summed E-state index contributed by atoms with van der Waals surface area (Å²) in [4.78, 5) is 10.4. The number of nitriles is 1. The number of ether oxygens (including phenoxy) is 1. The number of nitrogens with zero attached hydrogens (tertiary/aromatic N) is 2. The number of benzene rings is 2. The Bertz CT molecular complexity index is 810. The van der Waals surface area contributed by atoms with Crippen molar-refractivity contribution in [1.82, 2.24) is 0 Å². The molecule has 0 saturated heterocycles. The quantitative estimate of drug-likeness (QED) is 0.232. The summed E-state index contributed by atoms with van der Waals surface area (Å²) in [6, 6.07) is 13.7. The Morgan fingerprint density at radius 2 is 2.17 bits per heavy atom. The predicted octanol–water partition coefficient (Wildman–Crippen LogP) is 4.66. The molecule has 0 radical (unpaired) electrons. The molecular weight excluding hydrogens is 407 g/mol. The molecule has 0 aromatic heterocycles. The van der Waals surface area contributed by atoms with Gasteiger partial charge < -0.3 is 4.74 Å². The molecule has 116 valence electrons. The van der Waals surface area contributed by atoms with E-state index in [1.807, 2.05) is 25.1 Å². The van der Waals surface area contributed by atoms with Gasteiger partial charge in [-0.2, -0.15) is 5.26 Å². The van der Waals surface area contributed by atoms with Crippen molar-refractivity contribution in [3.63, 3.8) is 0 Å². The number of non-ortho nitro benzene ring substituents is 1. The van der Waals surface area contributed by atoms with Gasteiger partial charge in [0.05, 0.1) is 26.7 Å². The Balaban J connectivity index is 2.39. The molecule has 0 saturated carbocycles. The minimum Gasteiger partial charge on any atom is -0.493 e. The van der Waals surface area contributed by atoms with Crippen LogP contribution < -0.4 is 4.74 Å². The van der Waals surface area contributed by atoms with Gasteiger partial charge >= 0.3 is 0 Å². The Morgan fingerprint density at radius 3 is 2.78 bits per heavy atom. The Labute approximate surface area is 147 Å². The first kappa shape index (κ1) is 17.0. The Hall–Kier alpha value is -2.40. The molecule has 2 rings (SSSR count). The zero-order valence-electron chi connectivity index (χ0n) is 12.3. The number of halogens is 1. The molecule has 0 heterocycles. The van der Waals surface area contributed by atoms with Crippen molar-refractivity contribution >= 4 is 39.9 Å². The lowest BCUT2D eigenvalue weighted by molar-refractivity contribution is -0.384. The molecule has 0 N–H and O–H groups in total. The van der Waals surface area contributed by atoms with Crippen LogP contribution in [0.1, 0.15) is 18.1 Å². The largest absolute Gasteiger partial charge is 0.493 e. The highest BCUT2D eigenvalue weighted by molar-refractivity contribution is 14.1. The van der Waals surface area contributed by atoms with Crippen molar-refractivity contribution in [3.05, 3.63) is 67.3 Å². The molecule has 23 heavy (non-hydrogen) atoms. The molecule has 0 aliphatic rings. The molecule has 2 aromatic carbocycles. The summed E-state index contributed by atoms with van der Waals surface area (Å²) in [5.41, 5.74) is 1.69. The van der Waals surface area contributed by atoms with Gasteiger partial charge in [0.25, 0.3) is 5.69 Å². The van der Waals surface area contributed by atoms with Crippen molar-refractivity contribution in [2.24, 2.45) is 0 Å². The van der Waals surface area contributed by atoms with Crippen LogP contribution in [-0.2, 0) is 0 Å². The van der Waals surface area contributed by atoms with E-state index < -0.39 is 4.92 Å². The maximum atomic E-state index is 10.9. The molecule has 0 aliphatic carbocycles. The summed E-state index contributed by atoms with van der Waals surface area (Å²) < 4.78 is 6.42. The van der Waals surface area contributed by atoms with Crippen molar-refractivity contribution < 1.29 is 9.66 Å². The summed E-state index contributed by atoms with van der Waals surface area (Å²) >= 11 is 2.17. The minimum absolute atomic E-state index is 0.0371. The minimum atomic E-state index is -0.474. The molecule has 0 spiro atoms. The highest BCUT2D eigenvalue weighted by Crippen LogP contribution is 2.26. The first-order valence-electron chi connectivity index (χ1n) is 6.84. The average Bonchev–Trinajstić information content (AvgIpc) is 2.55. The molecule has 6 heteroatoms. The van der Waals surface area contributed by atoms with E-state index in [-0.39, 0.29) is 5.69 Å². The number of nitro groups is 1. The van der Waals surface area contributed by atoms with Gasteiger partial charge in [-0.15, -0.1) is 0 Å². The van der Waals surface area contributed by atoms with Crippen LogP contribution in [0.25, 0.3) is 11.6 Å². The van der Waals surface area contributed by atoms with Gasteiger partial charge in [-0.3, -0.25) is 10.1 Å². The fourth-order valence-electron chi connectivity index (χ4n) is 2.01. The lowest BCUT2D eigenvalue weighted by atomic mass is 10.0. The summed E-state index contributed by atoms with van der Waals surface area (Å²) in [5, 5.41) is 20.2. The van der Waals surface area contributed by atoms with E-state index in [4.69, 9.17) is 4.74 Å².